The van der Waals surface area contributed by atoms with E-state index in [4.69, 9.17) is 10.5 Å². The lowest BCUT2D eigenvalue weighted by Gasteiger charge is -2.05. The summed E-state index contributed by atoms with van der Waals surface area (Å²) in [7, 11) is 0. The highest BCUT2D eigenvalue weighted by Gasteiger charge is 2.02. The Hall–Kier alpha value is -2.40. The standard InChI is InChI=1S/C14H11N3OS/c15-11-3-6-13(17-9-11)18-12-4-1-10(2-5-12)14-16-7-8-19-14/h1-9H,15H2. The van der Waals surface area contributed by atoms with Crippen LogP contribution in [0.3, 0.4) is 0 Å². The number of nitrogens with two attached hydrogens (primary N) is 1. The minimum atomic E-state index is 0.524. The molecular formula is C14H11N3OS. The number of nitrogens with zero attached hydrogens (tertiary/aromatic N) is 2. The summed E-state index contributed by atoms with van der Waals surface area (Å²) in [5.74, 6) is 1.26. The highest BCUT2D eigenvalue weighted by Crippen LogP contribution is 2.26. The van der Waals surface area contributed by atoms with Crippen molar-refractivity contribution in [1.82, 2.24) is 9.97 Å². The molecule has 0 saturated heterocycles. The monoisotopic (exact) mass is 269 g/mol. The molecule has 0 atom stereocenters. The van der Waals surface area contributed by atoms with Crippen LogP contribution in [0.25, 0.3) is 10.6 Å². The summed E-state index contributed by atoms with van der Waals surface area (Å²) < 4.78 is 5.62. The molecule has 0 fully saturated rings. The van der Waals surface area contributed by atoms with Crippen LogP contribution in [0.2, 0.25) is 0 Å². The second-order valence-electron chi connectivity index (χ2n) is 3.89. The van der Waals surface area contributed by atoms with Gasteiger partial charge in [0, 0.05) is 23.2 Å². The number of benzene rings is 1. The lowest BCUT2D eigenvalue weighted by molar-refractivity contribution is 0.463. The van der Waals surface area contributed by atoms with E-state index in [0.29, 0.717) is 11.6 Å². The summed E-state index contributed by atoms with van der Waals surface area (Å²) in [5.41, 5.74) is 7.26. The summed E-state index contributed by atoms with van der Waals surface area (Å²) in [5, 5.41) is 2.95. The van der Waals surface area contributed by atoms with Crippen molar-refractivity contribution < 1.29 is 4.74 Å². The molecule has 1 aromatic carbocycles. The van der Waals surface area contributed by atoms with E-state index in [9.17, 15) is 0 Å². The number of rotatable bonds is 3. The number of thiazole rings is 1. The zero-order valence-corrected chi connectivity index (χ0v) is 10.8. The number of ether oxygens (including phenoxy) is 1. The number of nitrogen functional groups attached to an aromatic ring is 1. The Labute approximate surface area is 114 Å². The maximum atomic E-state index is 5.62. The van der Waals surface area contributed by atoms with Crippen LogP contribution in [-0.2, 0) is 0 Å². The Morgan fingerprint density at radius 3 is 2.47 bits per heavy atom. The third kappa shape index (κ3) is 2.71. The molecule has 3 aromatic rings. The van der Waals surface area contributed by atoms with Gasteiger partial charge in [-0.1, -0.05) is 0 Å². The SMILES string of the molecule is Nc1ccc(Oc2ccc(-c3nccs3)cc2)nc1. The molecule has 0 spiro atoms. The molecule has 0 saturated carbocycles. The second kappa shape index (κ2) is 5.07. The molecule has 0 bridgehead atoms. The van der Waals surface area contributed by atoms with Gasteiger partial charge >= 0.3 is 0 Å². The van der Waals surface area contributed by atoms with Crippen LogP contribution in [0, 0.1) is 0 Å². The van der Waals surface area contributed by atoms with Gasteiger partial charge in [0.05, 0.1) is 11.9 Å². The van der Waals surface area contributed by atoms with Crippen molar-refractivity contribution in [2.45, 2.75) is 0 Å². The fourth-order valence-electron chi connectivity index (χ4n) is 1.60. The summed E-state index contributed by atoms with van der Waals surface area (Å²) in [6.45, 7) is 0. The maximum Gasteiger partial charge on any atom is 0.219 e. The van der Waals surface area contributed by atoms with E-state index < -0.39 is 0 Å². The third-order valence-electron chi connectivity index (χ3n) is 2.52. The Morgan fingerprint density at radius 2 is 1.84 bits per heavy atom. The maximum absolute atomic E-state index is 5.62. The van der Waals surface area contributed by atoms with E-state index >= 15 is 0 Å². The van der Waals surface area contributed by atoms with E-state index in [-0.39, 0.29) is 0 Å². The van der Waals surface area contributed by atoms with Gasteiger partial charge in [0.2, 0.25) is 5.88 Å². The fraction of sp³-hybridized carbons (Fsp3) is 0. The first kappa shape index (κ1) is 11.7. The lowest BCUT2D eigenvalue weighted by atomic mass is 10.2. The summed E-state index contributed by atoms with van der Waals surface area (Å²) in [4.78, 5) is 8.35. The van der Waals surface area contributed by atoms with E-state index in [1.54, 1.807) is 35.9 Å². The van der Waals surface area contributed by atoms with Crippen LogP contribution < -0.4 is 10.5 Å². The Morgan fingerprint density at radius 1 is 1.00 bits per heavy atom. The second-order valence-corrected chi connectivity index (χ2v) is 4.79. The van der Waals surface area contributed by atoms with Crippen molar-refractivity contribution in [1.29, 1.82) is 0 Å². The van der Waals surface area contributed by atoms with Gasteiger partial charge in [-0.05, 0) is 30.3 Å². The molecule has 0 radical (unpaired) electrons. The first-order chi connectivity index (χ1) is 9.31. The van der Waals surface area contributed by atoms with Gasteiger partial charge in [0.25, 0.3) is 0 Å². The van der Waals surface area contributed by atoms with E-state index in [1.807, 2.05) is 29.6 Å². The average Bonchev–Trinajstić information content (AvgIpc) is 2.96. The van der Waals surface area contributed by atoms with E-state index in [2.05, 4.69) is 9.97 Å². The zero-order chi connectivity index (χ0) is 13.1. The fourth-order valence-corrected chi connectivity index (χ4v) is 2.25. The molecule has 0 aliphatic carbocycles. The van der Waals surface area contributed by atoms with Crippen molar-refractivity contribution in [3.63, 3.8) is 0 Å². The molecule has 0 aliphatic rings. The van der Waals surface area contributed by atoms with Gasteiger partial charge in [0.1, 0.15) is 10.8 Å². The van der Waals surface area contributed by atoms with Crippen molar-refractivity contribution in [2.75, 3.05) is 5.73 Å². The predicted molar refractivity (Wildman–Crippen MR) is 76.3 cm³/mol. The molecule has 0 aliphatic heterocycles. The smallest absolute Gasteiger partial charge is 0.219 e. The number of hydrogen-bond acceptors (Lipinski definition) is 5. The van der Waals surface area contributed by atoms with Crippen molar-refractivity contribution in [2.24, 2.45) is 0 Å². The first-order valence-corrected chi connectivity index (χ1v) is 6.58. The topological polar surface area (TPSA) is 61.0 Å². The molecule has 19 heavy (non-hydrogen) atoms. The van der Waals surface area contributed by atoms with Gasteiger partial charge in [-0.2, -0.15) is 0 Å². The highest BCUT2D eigenvalue weighted by molar-refractivity contribution is 7.13. The van der Waals surface area contributed by atoms with Crippen LogP contribution in [0.4, 0.5) is 5.69 Å². The Bertz CT molecular complexity index is 648. The van der Waals surface area contributed by atoms with Crippen LogP contribution in [-0.4, -0.2) is 9.97 Å². The molecule has 0 amide bonds. The number of hydrogen-bond donors (Lipinski definition) is 1. The first-order valence-electron chi connectivity index (χ1n) is 5.70. The molecule has 4 nitrogen and oxygen atoms in total. The molecule has 2 heterocycles. The minimum Gasteiger partial charge on any atom is -0.439 e. The molecule has 0 unspecified atom stereocenters. The van der Waals surface area contributed by atoms with Gasteiger partial charge in [-0.25, -0.2) is 9.97 Å². The summed E-state index contributed by atoms with van der Waals surface area (Å²) >= 11 is 1.61. The Balaban J connectivity index is 1.77. The lowest BCUT2D eigenvalue weighted by Crippen LogP contribution is -1.90. The number of anilines is 1. The number of aromatic nitrogens is 2. The predicted octanol–water partition coefficient (Wildman–Crippen LogP) is 3.58. The van der Waals surface area contributed by atoms with E-state index in [1.165, 1.54) is 0 Å². The average molecular weight is 269 g/mol. The van der Waals surface area contributed by atoms with Gasteiger partial charge in [-0.3, -0.25) is 0 Å². The largest absolute Gasteiger partial charge is 0.439 e. The van der Waals surface area contributed by atoms with Crippen LogP contribution >= 0.6 is 11.3 Å². The normalized spacial score (nSPS) is 10.3. The quantitative estimate of drug-likeness (QED) is 0.789. The van der Waals surface area contributed by atoms with E-state index in [0.717, 1.165) is 16.3 Å². The molecule has 3 rings (SSSR count). The highest BCUT2D eigenvalue weighted by atomic mass is 32.1. The Kier molecular flexibility index (Phi) is 3.12. The molecule has 2 aromatic heterocycles. The van der Waals surface area contributed by atoms with Gasteiger partial charge in [-0.15, -0.1) is 11.3 Å². The molecule has 5 heteroatoms. The molecular weight excluding hydrogens is 258 g/mol. The van der Waals surface area contributed by atoms with Crippen molar-refractivity contribution in [3.05, 3.63) is 54.2 Å². The summed E-state index contributed by atoms with van der Waals surface area (Å²) in [6, 6.07) is 11.2. The number of pyridine rings is 1. The van der Waals surface area contributed by atoms with Gasteiger partial charge in [0.15, 0.2) is 0 Å². The van der Waals surface area contributed by atoms with Crippen molar-refractivity contribution in [3.8, 4) is 22.2 Å². The van der Waals surface area contributed by atoms with Crippen molar-refractivity contribution >= 4 is 17.0 Å². The summed E-state index contributed by atoms with van der Waals surface area (Å²) in [6.07, 6.45) is 3.36. The minimum absolute atomic E-state index is 0.524. The molecule has 94 valence electrons. The zero-order valence-electron chi connectivity index (χ0n) is 9.98. The molecule has 2 N–H and O–H groups in total. The van der Waals surface area contributed by atoms with Gasteiger partial charge < -0.3 is 10.5 Å². The third-order valence-corrected chi connectivity index (χ3v) is 3.34. The van der Waals surface area contributed by atoms with Crippen LogP contribution in [0.15, 0.2) is 54.2 Å². The van der Waals surface area contributed by atoms with Crippen LogP contribution in [0.5, 0.6) is 11.6 Å². The van der Waals surface area contributed by atoms with Crippen LogP contribution in [0.1, 0.15) is 0 Å².